The predicted octanol–water partition coefficient (Wildman–Crippen LogP) is 1.89. The van der Waals surface area contributed by atoms with E-state index in [1.165, 1.54) is 27.7 Å². The Bertz CT molecular complexity index is 1080. The molecule has 0 bridgehead atoms. The number of halogens is 1. The van der Waals surface area contributed by atoms with Crippen LogP contribution in [0.2, 0.25) is 0 Å². The van der Waals surface area contributed by atoms with Gasteiger partial charge in [0.2, 0.25) is 0 Å². The van der Waals surface area contributed by atoms with E-state index in [0.29, 0.717) is 11.5 Å². The quantitative estimate of drug-likeness (QED) is 0.594. The number of fused-ring (bicyclic) bond motifs is 1. The van der Waals surface area contributed by atoms with Gasteiger partial charge >= 0.3 is 0 Å². The largest absolute Gasteiger partial charge is 0.384 e. The maximum Gasteiger partial charge on any atom is 0.262 e. The minimum Gasteiger partial charge on any atom is -0.384 e. The lowest BCUT2D eigenvalue weighted by Gasteiger charge is -2.09. The van der Waals surface area contributed by atoms with Crippen molar-refractivity contribution in [3.05, 3.63) is 66.4 Å². The highest BCUT2D eigenvalue weighted by atomic mass is 19.1. The summed E-state index contributed by atoms with van der Waals surface area (Å²) < 4.78 is 16.7. The molecule has 0 atom stereocenters. The number of amides is 1. The number of nitrogens with one attached hydrogen (secondary N) is 1. The first-order chi connectivity index (χ1) is 12.1. The van der Waals surface area contributed by atoms with Gasteiger partial charge in [0.05, 0.1) is 12.4 Å². The van der Waals surface area contributed by atoms with Crippen molar-refractivity contribution in [2.75, 3.05) is 11.1 Å². The van der Waals surface area contributed by atoms with Gasteiger partial charge in [0.25, 0.3) is 5.91 Å². The maximum absolute atomic E-state index is 14.0. The van der Waals surface area contributed by atoms with Crippen LogP contribution in [0.25, 0.3) is 11.3 Å². The fourth-order valence-corrected chi connectivity index (χ4v) is 2.44. The summed E-state index contributed by atoms with van der Waals surface area (Å²) >= 11 is 0. The molecule has 0 saturated carbocycles. The molecule has 0 aliphatic rings. The number of benzene rings is 1. The number of para-hydroxylation sites is 1. The smallest absolute Gasteiger partial charge is 0.262 e. The number of nitrogens with two attached hydrogens (primary N) is 1. The minimum atomic E-state index is -0.453. The van der Waals surface area contributed by atoms with E-state index in [-0.39, 0.29) is 17.1 Å². The number of carbonyl (C=O) groups is 1. The highest BCUT2D eigenvalue weighted by Crippen LogP contribution is 2.19. The third-order valence-corrected chi connectivity index (χ3v) is 3.60. The number of nitrogens with zero attached hydrogens (tertiary/aromatic N) is 5. The van der Waals surface area contributed by atoms with Crippen LogP contribution in [0.5, 0.6) is 0 Å². The molecule has 0 fully saturated rings. The zero-order chi connectivity index (χ0) is 17.4. The molecule has 124 valence electrons. The van der Waals surface area contributed by atoms with E-state index in [2.05, 4.69) is 20.5 Å². The third kappa shape index (κ3) is 2.57. The number of hydrogen-bond donors (Lipinski definition) is 2. The molecule has 9 heteroatoms. The minimum absolute atomic E-state index is 0.227. The van der Waals surface area contributed by atoms with Gasteiger partial charge in [-0.2, -0.15) is 10.2 Å². The Balaban J connectivity index is 1.69. The zero-order valence-electron chi connectivity index (χ0n) is 12.8. The summed E-state index contributed by atoms with van der Waals surface area (Å²) in [5, 5.41) is 10.8. The molecule has 25 heavy (non-hydrogen) atoms. The molecule has 0 spiro atoms. The zero-order valence-corrected chi connectivity index (χ0v) is 12.8. The first-order valence-corrected chi connectivity index (χ1v) is 7.33. The van der Waals surface area contributed by atoms with Crippen LogP contribution in [0.4, 0.5) is 16.0 Å². The lowest BCUT2D eigenvalue weighted by atomic mass is 10.3. The van der Waals surface area contributed by atoms with Gasteiger partial charge in [-0.25, -0.2) is 18.6 Å². The van der Waals surface area contributed by atoms with Gasteiger partial charge in [-0.15, -0.1) is 0 Å². The van der Waals surface area contributed by atoms with Gasteiger partial charge < -0.3 is 11.1 Å². The second kappa shape index (κ2) is 5.71. The molecule has 1 aromatic carbocycles. The van der Waals surface area contributed by atoms with Crippen molar-refractivity contribution in [2.24, 2.45) is 0 Å². The average molecular weight is 337 g/mol. The molecular formula is C16H12FN7O. The molecule has 3 heterocycles. The summed E-state index contributed by atoms with van der Waals surface area (Å²) in [6.45, 7) is 0. The second-order valence-electron chi connectivity index (χ2n) is 5.21. The Labute approximate surface area is 140 Å². The summed E-state index contributed by atoms with van der Waals surface area (Å²) in [5.74, 6) is -0.310. The lowest BCUT2D eigenvalue weighted by molar-refractivity contribution is 0.102. The number of rotatable bonds is 3. The fourth-order valence-electron chi connectivity index (χ4n) is 2.44. The van der Waals surface area contributed by atoms with Gasteiger partial charge in [0.15, 0.2) is 5.65 Å². The van der Waals surface area contributed by atoms with Crippen molar-refractivity contribution in [3.8, 4) is 5.69 Å². The number of anilines is 2. The van der Waals surface area contributed by atoms with E-state index in [1.54, 1.807) is 36.5 Å². The van der Waals surface area contributed by atoms with Crippen LogP contribution in [-0.4, -0.2) is 30.3 Å². The third-order valence-electron chi connectivity index (χ3n) is 3.60. The Morgan fingerprint density at radius 3 is 2.84 bits per heavy atom. The van der Waals surface area contributed by atoms with E-state index < -0.39 is 11.7 Å². The summed E-state index contributed by atoms with van der Waals surface area (Å²) in [7, 11) is 0. The molecule has 8 nitrogen and oxygen atoms in total. The van der Waals surface area contributed by atoms with Crippen LogP contribution >= 0.6 is 0 Å². The van der Waals surface area contributed by atoms with Crippen LogP contribution in [-0.2, 0) is 0 Å². The highest BCUT2D eigenvalue weighted by molar-refractivity contribution is 6.07. The van der Waals surface area contributed by atoms with Crippen LogP contribution in [0.3, 0.4) is 0 Å². The standard InChI is InChI=1S/C16H12FN7O/c17-11-3-1-2-4-12(11)24-14(5-7-19-24)22-16(25)10-9-20-23-8-6-13(18)21-15(10)23/h1-9H,(H2,18,21)(H,22,25). The maximum atomic E-state index is 14.0. The Morgan fingerprint density at radius 2 is 2.00 bits per heavy atom. The first kappa shape index (κ1) is 14.8. The first-order valence-electron chi connectivity index (χ1n) is 7.33. The molecule has 3 N–H and O–H groups in total. The number of aromatic nitrogens is 5. The molecule has 0 aliphatic carbocycles. The van der Waals surface area contributed by atoms with Crippen molar-refractivity contribution in [1.29, 1.82) is 0 Å². The van der Waals surface area contributed by atoms with Gasteiger partial charge in [-0.3, -0.25) is 4.79 Å². The summed E-state index contributed by atoms with van der Waals surface area (Å²) in [6.07, 6.45) is 4.47. The van der Waals surface area contributed by atoms with Gasteiger partial charge in [0.1, 0.15) is 28.7 Å². The topological polar surface area (TPSA) is 103 Å². The van der Waals surface area contributed by atoms with Crippen molar-refractivity contribution in [1.82, 2.24) is 24.4 Å². The van der Waals surface area contributed by atoms with Crippen LogP contribution in [0.15, 0.2) is 55.0 Å². The second-order valence-corrected chi connectivity index (χ2v) is 5.21. The SMILES string of the molecule is Nc1ccn2ncc(C(=O)Nc3ccnn3-c3ccccc3F)c2n1. The fraction of sp³-hybridized carbons (Fsp3) is 0. The molecule has 0 radical (unpaired) electrons. The molecule has 4 rings (SSSR count). The number of nitrogen functional groups attached to an aromatic ring is 1. The molecule has 0 saturated heterocycles. The molecule has 0 unspecified atom stereocenters. The molecule has 4 aromatic rings. The van der Waals surface area contributed by atoms with Crippen LogP contribution < -0.4 is 11.1 Å². The monoisotopic (exact) mass is 337 g/mol. The lowest BCUT2D eigenvalue weighted by Crippen LogP contribution is -2.16. The van der Waals surface area contributed by atoms with Gasteiger partial charge in [0, 0.05) is 12.3 Å². The summed E-state index contributed by atoms with van der Waals surface area (Å²) in [4.78, 5) is 16.7. The van der Waals surface area contributed by atoms with Gasteiger partial charge in [-0.05, 0) is 18.2 Å². The van der Waals surface area contributed by atoms with E-state index in [4.69, 9.17) is 5.73 Å². The molecule has 1 amide bonds. The van der Waals surface area contributed by atoms with Crippen molar-refractivity contribution in [3.63, 3.8) is 0 Å². The molecular weight excluding hydrogens is 325 g/mol. The molecule has 0 aliphatic heterocycles. The summed E-state index contributed by atoms with van der Waals surface area (Å²) in [5.41, 5.74) is 6.46. The van der Waals surface area contributed by atoms with Crippen LogP contribution in [0, 0.1) is 5.82 Å². The number of carbonyl (C=O) groups excluding carboxylic acids is 1. The predicted molar refractivity (Wildman–Crippen MR) is 88.9 cm³/mol. The van der Waals surface area contributed by atoms with E-state index in [9.17, 15) is 9.18 Å². The Kier molecular flexibility index (Phi) is 3.38. The number of hydrogen-bond acceptors (Lipinski definition) is 5. The normalized spacial score (nSPS) is 10.9. The van der Waals surface area contributed by atoms with E-state index in [0.717, 1.165) is 0 Å². The summed E-state index contributed by atoms with van der Waals surface area (Å²) in [6, 6.07) is 9.29. The van der Waals surface area contributed by atoms with Crippen molar-refractivity contribution < 1.29 is 9.18 Å². The van der Waals surface area contributed by atoms with E-state index in [1.807, 2.05) is 0 Å². The van der Waals surface area contributed by atoms with Crippen molar-refractivity contribution in [2.45, 2.75) is 0 Å². The van der Waals surface area contributed by atoms with Crippen molar-refractivity contribution >= 4 is 23.2 Å². The molecule has 3 aromatic heterocycles. The van der Waals surface area contributed by atoms with E-state index >= 15 is 0 Å². The average Bonchev–Trinajstić information content (AvgIpc) is 3.21. The Morgan fingerprint density at radius 1 is 1.16 bits per heavy atom. The highest BCUT2D eigenvalue weighted by Gasteiger charge is 2.17. The van der Waals surface area contributed by atoms with Gasteiger partial charge in [-0.1, -0.05) is 12.1 Å². The van der Waals surface area contributed by atoms with Crippen LogP contribution in [0.1, 0.15) is 10.4 Å². The Hall–Kier alpha value is -3.75.